The minimum absolute atomic E-state index is 0.144. The molecule has 1 aromatic rings. The van der Waals surface area contributed by atoms with Gasteiger partial charge in [0.2, 0.25) is 6.79 Å². The van der Waals surface area contributed by atoms with Gasteiger partial charge in [0, 0.05) is 0 Å². The molecule has 0 fully saturated rings. The Morgan fingerprint density at radius 2 is 1.88 bits per heavy atom. The molecule has 0 radical (unpaired) electrons. The molecule has 0 saturated carbocycles. The number of aliphatic hydroxyl groups is 1. The van der Waals surface area contributed by atoms with E-state index in [1.807, 2.05) is 0 Å². The molecule has 0 amide bonds. The summed E-state index contributed by atoms with van der Waals surface area (Å²) in [6.45, 7) is 4.66. The van der Waals surface area contributed by atoms with Crippen molar-refractivity contribution in [3.05, 3.63) is 23.3 Å². The normalized spacial score (nSPS) is 16.3. The van der Waals surface area contributed by atoms with Gasteiger partial charge < -0.3 is 14.6 Å². The number of hydrogen-bond acceptors (Lipinski definition) is 3. The molecular weight excluding hydrogens is 211 g/mol. The van der Waals surface area contributed by atoms with Gasteiger partial charge in [0.1, 0.15) is 5.67 Å². The van der Waals surface area contributed by atoms with Crippen LogP contribution >= 0.6 is 0 Å². The van der Waals surface area contributed by atoms with Crippen molar-refractivity contribution in [3.8, 4) is 11.5 Å². The second-order valence-corrected chi connectivity index (χ2v) is 4.44. The number of hydrogen-bond donors (Lipinski definition) is 1. The lowest BCUT2D eigenvalue weighted by Crippen LogP contribution is -2.13. The number of rotatable bonds is 2. The van der Waals surface area contributed by atoms with Crippen molar-refractivity contribution >= 4 is 0 Å². The monoisotopic (exact) mass is 226 g/mol. The first-order chi connectivity index (χ1) is 7.39. The molecule has 1 heterocycles. The Morgan fingerprint density at radius 3 is 2.38 bits per heavy atom. The van der Waals surface area contributed by atoms with Crippen molar-refractivity contribution in [2.45, 2.75) is 32.5 Å². The van der Waals surface area contributed by atoms with E-state index in [4.69, 9.17) is 9.47 Å². The second-order valence-electron chi connectivity index (χ2n) is 4.44. The van der Waals surface area contributed by atoms with Crippen molar-refractivity contribution in [3.63, 3.8) is 0 Å². The quantitative estimate of drug-likeness (QED) is 0.842. The zero-order chi connectivity index (χ0) is 11.9. The number of aliphatic hydroxyl groups excluding tert-OH is 1. The molecule has 16 heavy (non-hydrogen) atoms. The van der Waals surface area contributed by atoms with Gasteiger partial charge in [0.25, 0.3) is 0 Å². The maximum atomic E-state index is 14.0. The summed E-state index contributed by atoms with van der Waals surface area (Å²) < 4.78 is 24.4. The van der Waals surface area contributed by atoms with Crippen LogP contribution in [0.1, 0.15) is 38.0 Å². The third-order valence-corrected chi connectivity index (χ3v) is 2.64. The molecule has 1 aliphatic rings. The Labute approximate surface area is 93.8 Å². The van der Waals surface area contributed by atoms with Crippen molar-refractivity contribution in [1.29, 1.82) is 0 Å². The van der Waals surface area contributed by atoms with Gasteiger partial charge in [-0.1, -0.05) is 0 Å². The first-order valence-corrected chi connectivity index (χ1v) is 5.20. The van der Waals surface area contributed by atoms with E-state index in [9.17, 15) is 9.50 Å². The van der Waals surface area contributed by atoms with Crippen LogP contribution in [0.5, 0.6) is 11.5 Å². The molecular formula is C12H15FO3. The zero-order valence-corrected chi connectivity index (χ0v) is 9.58. The van der Waals surface area contributed by atoms with Gasteiger partial charge in [-0.3, -0.25) is 0 Å². The molecule has 1 unspecified atom stereocenters. The van der Waals surface area contributed by atoms with Gasteiger partial charge >= 0.3 is 0 Å². The number of ether oxygens (including phenoxy) is 2. The summed E-state index contributed by atoms with van der Waals surface area (Å²) in [5, 5.41) is 9.64. The minimum Gasteiger partial charge on any atom is -0.454 e. The first kappa shape index (κ1) is 11.2. The van der Waals surface area contributed by atoms with E-state index in [2.05, 4.69) is 0 Å². The Balaban J connectivity index is 2.58. The van der Waals surface area contributed by atoms with E-state index < -0.39 is 11.8 Å². The lowest BCUT2D eigenvalue weighted by atomic mass is 9.91. The van der Waals surface area contributed by atoms with E-state index in [0.29, 0.717) is 22.6 Å². The molecule has 0 saturated heterocycles. The zero-order valence-electron chi connectivity index (χ0n) is 9.58. The Bertz CT molecular complexity index is 407. The summed E-state index contributed by atoms with van der Waals surface area (Å²) in [7, 11) is 0. The van der Waals surface area contributed by atoms with Gasteiger partial charge in [-0.15, -0.1) is 0 Å². The van der Waals surface area contributed by atoms with Crippen molar-refractivity contribution in [2.75, 3.05) is 6.79 Å². The van der Waals surface area contributed by atoms with Gasteiger partial charge in [-0.25, -0.2) is 4.39 Å². The predicted octanol–water partition coefficient (Wildman–Crippen LogP) is 2.67. The molecule has 0 bridgehead atoms. The summed E-state index contributed by atoms with van der Waals surface area (Å²) in [4.78, 5) is 0. The Morgan fingerprint density at radius 1 is 1.31 bits per heavy atom. The molecule has 0 aliphatic carbocycles. The smallest absolute Gasteiger partial charge is 0.231 e. The van der Waals surface area contributed by atoms with Gasteiger partial charge in [-0.2, -0.15) is 0 Å². The van der Waals surface area contributed by atoms with E-state index in [1.54, 1.807) is 19.1 Å². The van der Waals surface area contributed by atoms with Crippen LogP contribution in [0, 0.1) is 0 Å². The highest BCUT2D eigenvalue weighted by Gasteiger charge is 2.28. The summed E-state index contributed by atoms with van der Waals surface area (Å²) in [5.74, 6) is 1.09. The van der Waals surface area contributed by atoms with E-state index in [0.717, 1.165) is 0 Å². The lowest BCUT2D eigenvalue weighted by Gasteiger charge is -2.21. The number of halogens is 1. The van der Waals surface area contributed by atoms with Gasteiger partial charge in [0.05, 0.1) is 6.10 Å². The Kier molecular flexibility index (Phi) is 2.54. The maximum absolute atomic E-state index is 14.0. The highest BCUT2D eigenvalue weighted by molar-refractivity contribution is 5.50. The summed E-state index contributed by atoms with van der Waals surface area (Å²) >= 11 is 0. The second kappa shape index (κ2) is 3.63. The third kappa shape index (κ3) is 1.85. The fourth-order valence-corrected chi connectivity index (χ4v) is 1.82. The molecule has 88 valence electrons. The Hall–Kier alpha value is -1.29. The average molecular weight is 226 g/mol. The van der Waals surface area contributed by atoms with Crippen LogP contribution in [0.25, 0.3) is 0 Å². The third-order valence-electron chi connectivity index (χ3n) is 2.64. The first-order valence-electron chi connectivity index (χ1n) is 5.20. The topological polar surface area (TPSA) is 38.7 Å². The van der Waals surface area contributed by atoms with Crippen LogP contribution in [-0.2, 0) is 5.67 Å². The fourth-order valence-electron chi connectivity index (χ4n) is 1.82. The van der Waals surface area contributed by atoms with E-state index in [-0.39, 0.29) is 6.79 Å². The highest BCUT2D eigenvalue weighted by Crippen LogP contribution is 2.41. The summed E-state index contributed by atoms with van der Waals surface area (Å²) in [5.41, 5.74) is -0.545. The number of benzene rings is 1. The molecule has 4 heteroatoms. The molecule has 1 aliphatic heterocycles. The molecule has 0 aromatic heterocycles. The molecule has 3 nitrogen and oxygen atoms in total. The van der Waals surface area contributed by atoms with Crippen molar-refractivity contribution < 1.29 is 19.0 Å². The van der Waals surface area contributed by atoms with Crippen LogP contribution in [0.15, 0.2) is 12.1 Å². The SMILES string of the molecule is CC(O)c1cc2c(cc1C(C)(C)F)OCO2. The van der Waals surface area contributed by atoms with E-state index in [1.165, 1.54) is 13.8 Å². The van der Waals surface area contributed by atoms with Crippen LogP contribution in [0.2, 0.25) is 0 Å². The summed E-state index contributed by atoms with van der Waals surface area (Å²) in [6.07, 6.45) is -0.737. The standard InChI is InChI=1S/C12H15FO3/c1-7(14)8-4-10-11(16-6-15-10)5-9(8)12(2,3)13/h4-5,7,14H,6H2,1-3H3. The van der Waals surface area contributed by atoms with Gasteiger partial charge in [0.15, 0.2) is 11.5 Å². The predicted molar refractivity (Wildman–Crippen MR) is 57.3 cm³/mol. The van der Waals surface area contributed by atoms with Gasteiger partial charge in [-0.05, 0) is 44.0 Å². The minimum atomic E-state index is -1.52. The number of fused-ring (bicyclic) bond motifs is 1. The number of alkyl halides is 1. The van der Waals surface area contributed by atoms with Crippen LogP contribution < -0.4 is 9.47 Å². The lowest BCUT2D eigenvalue weighted by molar-refractivity contribution is 0.173. The van der Waals surface area contributed by atoms with Crippen LogP contribution in [-0.4, -0.2) is 11.9 Å². The highest BCUT2D eigenvalue weighted by atomic mass is 19.1. The van der Waals surface area contributed by atoms with Crippen LogP contribution in [0.3, 0.4) is 0 Å². The van der Waals surface area contributed by atoms with Crippen LogP contribution in [0.4, 0.5) is 4.39 Å². The van der Waals surface area contributed by atoms with E-state index >= 15 is 0 Å². The maximum Gasteiger partial charge on any atom is 0.231 e. The van der Waals surface area contributed by atoms with Crippen molar-refractivity contribution in [1.82, 2.24) is 0 Å². The van der Waals surface area contributed by atoms with Crippen molar-refractivity contribution in [2.24, 2.45) is 0 Å². The summed E-state index contributed by atoms with van der Waals surface area (Å²) in [6, 6.07) is 3.24. The average Bonchev–Trinajstić information content (AvgIpc) is 2.60. The molecule has 1 aromatic carbocycles. The fraction of sp³-hybridized carbons (Fsp3) is 0.500. The molecule has 1 N–H and O–H groups in total. The largest absolute Gasteiger partial charge is 0.454 e. The molecule has 0 spiro atoms. The molecule has 2 rings (SSSR count). The molecule has 1 atom stereocenters.